The minimum Gasteiger partial charge on any atom is -0.480 e. The Morgan fingerprint density at radius 1 is 1.40 bits per heavy atom. The molecular formula is C11H14N3O5P. The molecule has 0 bridgehead atoms. The third kappa shape index (κ3) is 3.23. The summed E-state index contributed by atoms with van der Waals surface area (Å²) < 4.78 is 12.5. The Bertz CT molecular complexity index is 692. The lowest BCUT2D eigenvalue weighted by Gasteiger charge is -2.11. The number of hydrogen-bond acceptors (Lipinski definition) is 4. The molecule has 0 aliphatic rings. The van der Waals surface area contributed by atoms with Crippen LogP contribution < -0.4 is 5.73 Å². The smallest absolute Gasteiger partial charge is 0.345 e. The van der Waals surface area contributed by atoms with Crippen molar-refractivity contribution >= 4 is 24.6 Å². The number of carbonyl (C=O) groups is 1. The molecule has 1 atom stereocenters. The highest BCUT2D eigenvalue weighted by molar-refractivity contribution is 7.50. The lowest BCUT2D eigenvalue weighted by molar-refractivity contribution is -0.138. The number of fused-ring (bicyclic) bond motifs is 1. The predicted octanol–water partition coefficient (Wildman–Crippen LogP) is 0.126. The Balaban J connectivity index is 2.49. The van der Waals surface area contributed by atoms with Crippen molar-refractivity contribution < 1.29 is 24.3 Å². The number of nitrogens with two attached hydrogens (primary N) is 1. The SMILES string of the molecule is N[C@@H](Cc1nc2ccccc2n1CP(=O)(O)O)C(=O)O. The molecule has 0 unspecified atom stereocenters. The highest BCUT2D eigenvalue weighted by atomic mass is 31.2. The quantitative estimate of drug-likeness (QED) is 0.575. The molecule has 0 fully saturated rings. The zero-order chi connectivity index (χ0) is 14.9. The van der Waals surface area contributed by atoms with E-state index in [1.165, 1.54) is 4.57 Å². The molecule has 0 saturated carbocycles. The van der Waals surface area contributed by atoms with E-state index in [0.717, 1.165) is 0 Å². The van der Waals surface area contributed by atoms with Crippen LogP contribution in [0.25, 0.3) is 11.0 Å². The van der Waals surface area contributed by atoms with Gasteiger partial charge in [-0.05, 0) is 12.1 Å². The van der Waals surface area contributed by atoms with Crippen molar-refractivity contribution in [3.05, 3.63) is 30.1 Å². The van der Waals surface area contributed by atoms with Crippen LogP contribution in [0.5, 0.6) is 0 Å². The van der Waals surface area contributed by atoms with Crippen molar-refractivity contribution in [1.82, 2.24) is 9.55 Å². The van der Waals surface area contributed by atoms with Gasteiger partial charge in [0.15, 0.2) is 0 Å². The molecule has 0 aliphatic carbocycles. The van der Waals surface area contributed by atoms with Gasteiger partial charge in [0.25, 0.3) is 0 Å². The molecule has 0 spiro atoms. The van der Waals surface area contributed by atoms with Gasteiger partial charge in [0.05, 0.1) is 11.0 Å². The molecule has 9 heteroatoms. The Labute approximate surface area is 114 Å². The van der Waals surface area contributed by atoms with Crippen molar-refractivity contribution in [2.24, 2.45) is 5.73 Å². The van der Waals surface area contributed by atoms with Gasteiger partial charge in [-0.25, -0.2) is 4.98 Å². The number of nitrogens with zero attached hydrogens (tertiary/aromatic N) is 2. The second-order valence-electron chi connectivity index (χ2n) is 4.40. The fourth-order valence-corrected chi connectivity index (χ4v) is 2.59. The summed E-state index contributed by atoms with van der Waals surface area (Å²) in [6.07, 6.45) is -0.667. The largest absolute Gasteiger partial charge is 0.480 e. The van der Waals surface area contributed by atoms with Crippen LogP contribution in [0, 0.1) is 0 Å². The highest BCUT2D eigenvalue weighted by Crippen LogP contribution is 2.38. The normalized spacial score (nSPS) is 13.6. The topological polar surface area (TPSA) is 139 Å². The van der Waals surface area contributed by atoms with Crippen LogP contribution in [0.4, 0.5) is 0 Å². The number of aromatic nitrogens is 2. The number of carboxylic acids is 1. The number of para-hydroxylation sites is 2. The second kappa shape index (κ2) is 5.34. The van der Waals surface area contributed by atoms with Crippen LogP contribution in [-0.4, -0.2) is 36.5 Å². The predicted molar refractivity (Wildman–Crippen MR) is 71.1 cm³/mol. The molecule has 1 heterocycles. The molecule has 0 aliphatic heterocycles. The molecule has 0 radical (unpaired) electrons. The number of carboxylic acid groups (broad SMARTS) is 1. The molecule has 8 nitrogen and oxygen atoms in total. The van der Waals surface area contributed by atoms with Gasteiger partial charge in [0, 0.05) is 6.42 Å². The third-order valence-electron chi connectivity index (χ3n) is 2.78. The molecule has 1 aromatic carbocycles. The molecule has 5 N–H and O–H groups in total. The molecule has 0 saturated heterocycles. The van der Waals surface area contributed by atoms with E-state index in [1.54, 1.807) is 24.3 Å². The number of hydrogen-bond donors (Lipinski definition) is 4. The van der Waals surface area contributed by atoms with E-state index < -0.39 is 25.9 Å². The fraction of sp³-hybridized carbons (Fsp3) is 0.273. The van der Waals surface area contributed by atoms with E-state index >= 15 is 0 Å². The summed E-state index contributed by atoms with van der Waals surface area (Å²) in [7, 11) is -4.32. The van der Waals surface area contributed by atoms with Gasteiger partial charge >= 0.3 is 13.6 Å². The van der Waals surface area contributed by atoms with Gasteiger partial charge < -0.3 is 25.2 Å². The first-order chi connectivity index (χ1) is 9.28. The Hall–Kier alpha value is -1.73. The molecule has 20 heavy (non-hydrogen) atoms. The lowest BCUT2D eigenvalue weighted by atomic mass is 10.2. The summed E-state index contributed by atoms with van der Waals surface area (Å²) in [6, 6.07) is 5.61. The molecule has 1 aromatic heterocycles. The highest BCUT2D eigenvalue weighted by Gasteiger charge is 2.22. The van der Waals surface area contributed by atoms with E-state index in [2.05, 4.69) is 4.98 Å². The number of benzene rings is 1. The van der Waals surface area contributed by atoms with Crippen molar-refractivity contribution in [3.8, 4) is 0 Å². The standard InChI is InChI=1S/C11H14N3O5P/c12-7(11(15)16)5-10-13-8-3-1-2-4-9(8)14(10)6-20(17,18)19/h1-4,7H,5-6,12H2,(H,15,16)(H2,17,18,19)/t7-/m0/s1. The Morgan fingerprint density at radius 3 is 2.65 bits per heavy atom. The monoisotopic (exact) mass is 299 g/mol. The van der Waals surface area contributed by atoms with Crippen LogP contribution in [-0.2, 0) is 22.1 Å². The number of rotatable bonds is 5. The van der Waals surface area contributed by atoms with E-state index in [9.17, 15) is 9.36 Å². The number of imidazole rings is 1. The first-order valence-corrected chi connectivity index (χ1v) is 7.55. The average Bonchev–Trinajstić information content (AvgIpc) is 2.65. The maximum Gasteiger partial charge on any atom is 0.345 e. The average molecular weight is 299 g/mol. The Kier molecular flexibility index (Phi) is 3.92. The zero-order valence-electron chi connectivity index (χ0n) is 10.4. The van der Waals surface area contributed by atoms with E-state index in [0.29, 0.717) is 11.0 Å². The molecule has 2 rings (SSSR count). The summed E-state index contributed by atoms with van der Waals surface area (Å²) in [5, 5.41) is 8.83. The molecule has 108 valence electrons. The van der Waals surface area contributed by atoms with Crippen LogP contribution in [0.2, 0.25) is 0 Å². The van der Waals surface area contributed by atoms with Gasteiger partial charge in [-0.15, -0.1) is 0 Å². The second-order valence-corrected chi connectivity index (χ2v) is 6.01. The maximum atomic E-state index is 11.2. The van der Waals surface area contributed by atoms with Crippen molar-refractivity contribution in [3.63, 3.8) is 0 Å². The van der Waals surface area contributed by atoms with Crippen LogP contribution in [0.1, 0.15) is 5.82 Å². The summed E-state index contributed by atoms with van der Waals surface area (Å²) in [5.41, 5.74) is 6.52. The Morgan fingerprint density at radius 2 is 2.05 bits per heavy atom. The third-order valence-corrected chi connectivity index (χ3v) is 3.43. The van der Waals surface area contributed by atoms with Gasteiger partial charge in [-0.2, -0.15) is 0 Å². The minimum atomic E-state index is -4.32. The lowest BCUT2D eigenvalue weighted by Crippen LogP contribution is -2.33. The number of aliphatic carboxylic acids is 1. The zero-order valence-corrected chi connectivity index (χ0v) is 11.3. The van der Waals surface area contributed by atoms with E-state index in [1.807, 2.05) is 0 Å². The van der Waals surface area contributed by atoms with Crippen molar-refractivity contribution in [2.45, 2.75) is 18.7 Å². The summed E-state index contributed by atoms with van der Waals surface area (Å²) in [4.78, 5) is 33.3. The van der Waals surface area contributed by atoms with Gasteiger partial charge in [-0.1, -0.05) is 12.1 Å². The molecular weight excluding hydrogens is 285 g/mol. The first kappa shape index (κ1) is 14.7. The van der Waals surface area contributed by atoms with Gasteiger partial charge in [-0.3, -0.25) is 9.36 Å². The molecule has 2 aromatic rings. The van der Waals surface area contributed by atoms with Crippen molar-refractivity contribution in [2.75, 3.05) is 0 Å². The van der Waals surface area contributed by atoms with E-state index in [-0.39, 0.29) is 12.2 Å². The van der Waals surface area contributed by atoms with Crippen LogP contribution >= 0.6 is 7.60 Å². The summed E-state index contributed by atoms with van der Waals surface area (Å²) in [5.74, 6) is -0.954. The van der Waals surface area contributed by atoms with Crippen molar-refractivity contribution in [1.29, 1.82) is 0 Å². The van der Waals surface area contributed by atoms with Crippen LogP contribution in [0.3, 0.4) is 0 Å². The summed E-state index contributed by atoms with van der Waals surface area (Å²) in [6.45, 7) is 0. The van der Waals surface area contributed by atoms with Gasteiger partial charge in [0.2, 0.25) is 0 Å². The minimum absolute atomic E-state index is 0.107. The first-order valence-electron chi connectivity index (χ1n) is 5.75. The van der Waals surface area contributed by atoms with E-state index in [4.69, 9.17) is 20.6 Å². The van der Waals surface area contributed by atoms with Crippen LogP contribution in [0.15, 0.2) is 24.3 Å². The fourth-order valence-electron chi connectivity index (χ4n) is 1.91. The molecule has 0 amide bonds. The maximum absolute atomic E-state index is 11.2. The summed E-state index contributed by atoms with van der Waals surface area (Å²) >= 11 is 0. The van der Waals surface area contributed by atoms with Gasteiger partial charge in [0.1, 0.15) is 18.2 Å².